The summed E-state index contributed by atoms with van der Waals surface area (Å²) in [5, 5.41) is 0. The summed E-state index contributed by atoms with van der Waals surface area (Å²) >= 11 is 2.48. The molecule has 0 heterocycles. The molecule has 0 aliphatic carbocycles. The highest BCUT2D eigenvalue weighted by Gasteiger charge is 2.06. The number of hydrogen-bond donors (Lipinski definition) is 0. The molecule has 0 spiro atoms. The smallest absolute Gasteiger partial charge is 0.00211 e. The van der Waals surface area contributed by atoms with Crippen LogP contribution in [0, 0.1) is 11.8 Å². The SMILES string of the molecule is CCCC[C@H](C)C[C@@H](C)CI. The van der Waals surface area contributed by atoms with Gasteiger partial charge in [-0.1, -0.05) is 62.6 Å². The topological polar surface area (TPSA) is 0 Å². The Bertz CT molecular complexity index is 80.9. The lowest BCUT2D eigenvalue weighted by Gasteiger charge is -2.14. The molecule has 0 saturated carbocycles. The molecule has 0 unspecified atom stereocenters. The molecule has 0 radical (unpaired) electrons. The van der Waals surface area contributed by atoms with Gasteiger partial charge in [-0.05, 0) is 18.3 Å². The van der Waals surface area contributed by atoms with E-state index in [0.29, 0.717) is 0 Å². The number of hydrogen-bond acceptors (Lipinski definition) is 0. The Morgan fingerprint density at radius 2 is 1.82 bits per heavy atom. The van der Waals surface area contributed by atoms with Crippen molar-refractivity contribution in [3.8, 4) is 0 Å². The fourth-order valence-electron chi connectivity index (χ4n) is 1.42. The van der Waals surface area contributed by atoms with Crippen LogP contribution in [0.5, 0.6) is 0 Å². The van der Waals surface area contributed by atoms with E-state index >= 15 is 0 Å². The Balaban J connectivity index is 3.27. The Hall–Kier alpha value is 0.730. The fraction of sp³-hybridized carbons (Fsp3) is 1.00. The lowest BCUT2D eigenvalue weighted by atomic mass is 9.94. The van der Waals surface area contributed by atoms with E-state index in [1.165, 1.54) is 30.1 Å². The lowest BCUT2D eigenvalue weighted by Crippen LogP contribution is -2.03. The summed E-state index contributed by atoms with van der Waals surface area (Å²) < 4.78 is 1.31. The second-order valence-electron chi connectivity index (χ2n) is 3.74. The zero-order chi connectivity index (χ0) is 8.69. The minimum Gasteiger partial charge on any atom is -0.0861 e. The Morgan fingerprint density at radius 1 is 1.18 bits per heavy atom. The molecule has 0 rings (SSSR count). The molecule has 0 aromatic heterocycles. The quantitative estimate of drug-likeness (QED) is 0.498. The zero-order valence-electron chi connectivity index (χ0n) is 8.07. The molecule has 0 bridgehead atoms. The van der Waals surface area contributed by atoms with E-state index in [1.807, 2.05) is 0 Å². The van der Waals surface area contributed by atoms with Crippen molar-refractivity contribution in [3.63, 3.8) is 0 Å². The van der Waals surface area contributed by atoms with Gasteiger partial charge in [-0.15, -0.1) is 0 Å². The summed E-state index contributed by atoms with van der Waals surface area (Å²) in [6, 6.07) is 0. The van der Waals surface area contributed by atoms with Crippen LogP contribution in [-0.2, 0) is 0 Å². The average molecular weight is 268 g/mol. The van der Waals surface area contributed by atoms with Gasteiger partial charge in [-0.2, -0.15) is 0 Å². The van der Waals surface area contributed by atoms with Crippen molar-refractivity contribution in [2.45, 2.75) is 46.5 Å². The maximum Gasteiger partial charge on any atom is 0.00211 e. The first-order valence-corrected chi connectivity index (χ1v) is 6.29. The molecule has 0 amide bonds. The lowest BCUT2D eigenvalue weighted by molar-refractivity contribution is 0.410. The van der Waals surface area contributed by atoms with Gasteiger partial charge in [0.1, 0.15) is 0 Å². The second kappa shape index (κ2) is 7.38. The van der Waals surface area contributed by atoms with Crippen LogP contribution >= 0.6 is 22.6 Å². The van der Waals surface area contributed by atoms with Crippen molar-refractivity contribution in [2.24, 2.45) is 11.8 Å². The minimum atomic E-state index is 0.919. The van der Waals surface area contributed by atoms with Crippen molar-refractivity contribution in [1.82, 2.24) is 0 Å². The summed E-state index contributed by atoms with van der Waals surface area (Å²) in [6.07, 6.45) is 5.61. The number of halogens is 1. The second-order valence-corrected chi connectivity index (χ2v) is 4.62. The van der Waals surface area contributed by atoms with E-state index in [2.05, 4.69) is 43.4 Å². The molecule has 0 saturated heterocycles. The average Bonchev–Trinajstić information content (AvgIpc) is 2.00. The molecule has 0 N–H and O–H groups in total. The molecular formula is C10H21I. The third-order valence-corrected chi connectivity index (χ3v) is 3.62. The number of unbranched alkanes of at least 4 members (excludes halogenated alkanes) is 1. The van der Waals surface area contributed by atoms with Gasteiger partial charge in [0.25, 0.3) is 0 Å². The number of alkyl halides is 1. The summed E-state index contributed by atoms with van der Waals surface area (Å²) in [4.78, 5) is 0. The highest BCUT2D eigenvalue weighted by atomic mass is 127. The molecule has 11 heavy (non-hydrogen) atoms. The molecule has 0 nitrogen and oxygen atoms in total. The van der Waals surface area contributed by atoms with Gasteiger partial charge in [0.15, 0.2) is 0 Å². The van der Waals surface area contributed by atoms with Gasteiger partial charge >= 0.3 is 0 Å². The van der Waals surface area contributed by atoms with Gasteiger partial charge in [-0.25, -0.2) is 0 Å². The molecule has 0 aromatic rings. The standard InChI is InChI=1S/C10H21I/c1-4-5-6-9(2)7-10(3)8-11/h9-10H,4-8H2,1-3H3/t9-,10+/m0/s1. The first kappa shape index (κ1) is 11.7. The van der Waals surface area contributed by atoms with Crippen molar-refractivity contribution in [1.29, 1.82) is 0 Å². The molecule has 0 aliphatic heterocycles. The summed E-state index contributed by atoms with van der Waals surface area (Å²) in [5.74, 6) is 1.86. The Morgan fingerprint density at radius 3 is 2.27 bits per heavy atom. The van der Waals surface area contributed by atoms with Crippen LogP contribution in [0.2, 0.25) is 0 Å². The molecule has 68 valence electrons. The monoisotopic (exact) mass is 268 g/mol. The van der Waals surface area contributed by atoms with Crippen LogP contribution in [-0.4, -0.2) is 4.43 Å². The van der Waals surface area contributed by atoms with Crippen molar-refractivity contribution in [2.75, 3.05) is 4.43 Å². The van der Waals surface area contributed by atoms with Crippen LogP contribution < -0.4 is 0 Å². The Labute approximate surface area is 85.3 Å². The Kier molecular flexibility index (Phi) is 7.87. The van der Waals surface area contributed by atoms with Crippen molar-refractivity contribution >= 4 is 22.6 Å². The summed E-state index contributed by atoms with van der Waals surface area (Å²) in [5.41, 5.74) is 0. The molecular weight excluding hydrogens is 247 g/mol. The van der Waals surface area contributed by atoms with Crippen LogP contribution in [0.15, 0.2) is 0 Å². The van der Waals surface area contributed by atoms with Crippen LogP contribution in [0.4, 0.5) is 0 Å². The van der Waals surface area contributed by atoms with Crippen LogP contribution in [0.25, 0.3) is 0 Å². The first-order chi connectivity index (χ1) is 5.20. The highest BCUT2D eigenvalue weighted by molar-refractivity contribution is 14.1. The van der Waals surface area contributed by atoms with E-state index in [-0.39, 0.29) is 0 Å². The van der Waals surface area contributed by atoms with Crippen LogP contribution in [0.3, 0.4) is 0 Å². The van der Waals surface area contributed by atoms with E-state index < -0.39 is 0 Å². The molecule has 0 aliphatic rings. The third-order valence-electron chi connectivity index (χ3n) is 2.12. The van der Waals surface area contributed by atoms with Gasteiger partial charge < -0.3 is 0 Å². The van der Waals surface area contributed by atoms with E-state index in [9.17, 15) is 0 Å². The molecule has 1 heteroatoms. The summed E-state index contributed by atoms with van der Waals surface area (Å²) in [6.45, 7) is 7.02. The fourth-order valence-corrected chi connectivity index (χ4v) is 1.78. The third kappa shape index (κ3) is 7.10. The molecule has 0 aromatic carbocycles. The maximum atomic E-state index is 2.48. The minimum absolute atomic E-state index is 0.919. The predicted molar refractivity (Wildman–Crippen MR) is 61.4 cm³/mol. The predicted octanol–water partition coefficient (Wildman–Crippen LogP) is 4.27. The summed E-state index contributed by atoms with van der Waals surface area (Å²) in [7, 11) is 0. The van der Waals surface area contributed by atoms with Gasteiger partial charge in [0, 0.05) is 4.43 Å². The van der Waals surface area contributed by atoms with E-state index in [0.717, 1.165) is 11.8 Å². The normalized spacial score (nSPS) is 16.4. The van der Waals surface area contributed by atoms with Gasteiger partial charge in [-0.3, -0.25) is 0 Å². The van der Waals surface area contributed by atoms with Gasteiger partial charge in [0.05, 0.1) is 0 Å². The molecule has 2 atom stereocenters. The maximum absolute atomic E-state index is 2.48. The van der Waals surface area contributed by atoms with Crippen molar-refractivity contribution < 1.29 is 0 Å². The molecule has 0 fully saturated rings. The number of rotatable bonds is 6. The van der Waals surface area contributed by atoms with E-state index in [1.54, 1.807) is 0 Å². The highest BCUT2D eigenvalue weighted by Crippen LogP contribution is 2.18. The van der Waals surface area contributed by atoms with Gasteiger partial charge in [0.2, 0.25) is 0 Å². The van der Waals surface area contributed by atoms with Crippen LogP contribution in [0.1, 0.15) is 46.5 Å². The first-order valence-electron chi connectivity index (χ1n) is 4.76. The largest absolute Gasteiger partial charge is 0.0861 e. The van der Waals surface area contributed by atoms with E-state index in [4.69, 9.17) is 0 Å². The zero-order valence-corrected chi connectivity index (χ0v) is 10.2. The van der Waals surface area contributed by atoms with Crippen molar-refractivity contribution in [3.05, 3.63) is 0 Å².